The number of hydrogen-bond donors (Lipinski definition) is 0. The van der Waals surface area contributed by atoms with Crippen molar-refractivity contribution in [3.63, 3.8) is 0 Å². The van der Waals surface area contributed by atoms with Gasteiger partial charge in [-0.05, 0) is 33.1 Å². The van der Waals surface area contributed by atoms with E-state index in [1.54, 1.807) is 0 Å². The van der Waals surface area contributed by atoms with Crippen molar-refractivity contribution in [3.05, 3.63) is 0 Å². The third-order valence-electron chi connectivity index (χ3n) is 2.65. The van der Waals surface area contributed by atoms with Gasteiger partial charge in [0.1, 0.15) is 6.79 Å². The van der Waals surface area contributed by atoms with Gasteiger partial charge < -0.3 is 23.7 Å². The maximum atomic E-state index is 5.42. The topological polar surface area (TPSA) is 46.2 Å². The monoisotopic (exact) mass is 262 g/mol. The van der Waals surface area contributed by atoms with Crippen molar-refractivity contribution in [1.29, 1.82) is 0 Å². The second-order valence-electron chi connectivity index (χ2n) is 4.33. The van der Waals surface area contributed by atoms with Crippen molar-refractivity contribution >= 4 is 0 Å². The molecule has 0 saturated carbocycles. The van der Waals surface area contributed by atoms with E-state index in [4.69, 9.17) is 23.7 Å². The van der Waals surface area contributed by atoms with E-state index in [9.17, 15) is 0 Å². The van der Waals surface area contributed by atoms with Gasteiger partial charge >= 0.3 is 0 Å². The number of rotatable bonds is 10. The molecule has 0 aromatic heterocycles. The van der Waals surface area contributed by atoms with Gasteiger partial charge in [0.15, 0.2) is 6.29 Å². The van der Waals surface area contributed by atoms with Crippen LogP contribution in [0.25, 0.3) is 0 Å². The van der Waals surface area contributed by atoms with E-state index >= 15 is 0 Å². The highest BCUT2D eigenvalue weighted by atomic mass is 16.7. The molecule has 0 aromatic rings. The molecule has 18 heavy (non-hydrogen) atoms. The summed E-state index contributed by atoms with van der Waals surface area (Å²) in [6.45, 7) is 7.45. The Kier molecular flexibility index (Phi) is 9.42. The Morgan fingerprint density at radius 1 is 1.22 bits per heavy atom. The van der Waals surface area contributed by atoms with Crippen LogP contribution in [-0.2, 0) is 23.7 Å². The van der Waals surface area contributed by atoms with Crippen molar-refractivity contribution in [3.8, 4) is 0 Å². The van der Waals surface area contributed by atoms with Crippen molar-refractivity contribution in [1.82, 2.24) is 0 Å². The van der Waals surface area contributed by atoms with Gasteiger partial charge in [-0.1, -0.05) is 0 Å². The summed E-state index contributed by atoms with van der Waals surface area (Å²) >= 11 is 0. The maximum Gasteiger partial charge on any atom is 0.160 e. The number of hydrogen-bond acceptors (Lipinski definition) is 5. The molecule has 1 heterocycles. The average Bonchev–Trinajstić information content (AvgIpc) is 2.39. The van der Waals surface area contributed by atoms with Gasteiger partial charge in [0.05, 0.1) is 25.9 Å². The van der Waals surface area contributed by atoms with Crippen LogP contribution in [0.15, 0.2) is 0 Å². The van der Waals surface area contributed by atoms with E-state index in [2.05, 4.69) is 0 Å². The van der Waals surface area contributed by atoms with Crippen molar-refractivity contribution in [2.75, 3.05) is 39.8 Å². The van der Waals surface area contributed by atoms with E-state index in [0.717, 1.165) is 26.1 Å². The summed E-state index contributed by atoms with van der Waals surface area (Å²) in [6.07, 6.45) is 3.32. The summed E-state index contributed by atoms with van der Waals surface area (Å²) in [5.74, 6) is 0. The van der Waals surface area contributed by atoms with Crippen LogP contribution in [0.5, 0.6) is 0 Å². The molecule has 108 valence electrons. The fourth-order valence-corrected chi connectivity index (χ4v) is 1.73. The Balaban J connectivity index is 1.80. The summed E-state index contributed by atoms with van der Waals surface area (Å²) in [4.78, 5) is 0. The molecular weight excluding hydrogens is 236 g/mol. The lowest BCUT2D eigenvalue weighted by molar-refractivity contribution is -0.210. The van der Waals surface area contributed by atoms with Gasteiger partial charge in [-0.25, -0.2) is 0 Å². The molecule has 5 heteroatoms. The largest absolute Gasteiger partial charge is 0.376 e. The molecule has 0 N–H and O–H groups in total. The van der Waals surface area contributed by atoms with E-state index < -0.39 is 0 Å². The molecule has 2 atom stereocenters. The maximum absolute atomic E-state index is 5.42. The van der Waals surface area contributed by atoms with E-state index in [-0.39, 0.29) is 19.2 Å². The van der Waals surface area contributed by atoms with E-state index in [1.807, 2.05) is 13.8 Å². The average molecular weight is 262 g/mol. The summed E-state index contributed by atoms with van der Waals surface area (Å²) in [7, 11) is 0. The fraction of sp³-hybridized carbons (Fsp3) is 1.00. The van der Waals surface area contributed by atoms with Crippen LogP contribution < -0.4 is 0 Å². The van der Waals surface area contributed by atoms with Crippen LogP contribution in [0.2, 0.25) is 0 Å². The molecule has 0 spiro atoms. The SMILES string of the molecule is CCOC(C)COCCOCOC1CCCCO1. The first-order valence-electron chi connectivity index (χ1n) is 6.83. The summed E-state index contributed by atoms with van der Waals surface area (Å²) in [5.41, 5.74) is 0. The van der Waals surface area contributed by atoms with Gasteiger partial charge in [-0.2, -0.15) is 0 Å². The lowest BCUT2D eigenvalue weighted by Crippen LogP contribution is -2.24. The fourth-order valence-electron chi connectivity index (χ4n) is 1.73. The first-order valence-corrected chi connectivity index (χ1v) is 6.83. The standard InChI is InChI=1S/C13H26O5/c1-3-16-12(2)10-14-8-9-15-11-18-13-6-4-5-7-17-13/h12-13H,3-11H2,1-2H3. The molecule has 0 radical (unpaired) electrons. The molecule has 0 bridgehead atoms. The van der Waals surface area contributed by atoms with E-state index in [0.29, 0.717) is 19.8 Å². The summed E-state index contributed by atoms with van der Waals surface area (Å²) < 4.78 is 26.9. The van der Waals surface area contributed by atoms with Crippen LogP contribution in [0, 0.1) is 0 Å². The van der Waals surface area contributed by atoms with Gasteiger partial charge in [-0.3, -0.25) is 0 Å². The molecule has 1 fully saturated rings. The molecular formula is C13H26O5. The van der Waals surface area contributed by atoms with Crippen LogP contribution in [0.4, 0.5) is 0 Å². The second kappa shape index (κ2) is 10.7. The predicted molar refractivity (Wildman–Crippen MR) is 67.4 cm³/mol. The third kappa shape index (κ3) is 8.00. The van der Waals surface area contributed by atoms with Crippen LogP contribution in [-0.4, -0.2) is 52.2 Å². The molecule has 0 amide bonds. The van der Waals surface area contributed by atoms with Crippen LogP contribution in [0.1, 0.15) is 33.1 Å². The Morgan fingerprint density at radius 3 is 2.78 bits per heavy atom. The zero-order valence-electron chi connectivity index (χ0n) is 11.6. The molecule has 1 aliphatic heterocycles. The van der Waals surface area contributed by atoms with E-state index in [1.165, 1.54) is 6.42 Å². The van der Waals surface area contributed by atoms with Crippen molar-refractivity contribution in [2.24, 2.45) is 0 Å². The lowest BCUT2D eigenvalue weighted by atomic mass is 10.2. The molecule has 1 saturated heterocycles. The Bertz CT molecular complexity index is 182. The minimum Gasteiger partial charge on any atom is -0.376 e. The van der Waals surface area contributed by atoms with Crippen molar-refractivity contribution < 1.29 is 23.7 Å². The Morgan fingerprint density at radius 2 is 2.06 bits per heavy atom. The minimum atomic E-state index is -0.0855. The zero-order chi connectivity index (χ0) is 13.1. The van der Waals surface area contributed by atoms with Gasteiger partial charge in [-0.15, -0.1) is 0 Å². The highest BCUT2D eigenvalue weighted by molar-refractivity contribution is 4.52. The molecule has 1 aliphatic rings. The third-order valence-corrected chi connectivity index (χ3v) is 2.65. The quantitative estimate of drug-likeness (QED) is 0.445. The van der Waals surface area contributed by atoms with Crippen LogP contribution >= 0.6 is 0 Å². The highest BCUT2D eigenvalue weighted by Gasteiger charge is 2.13. The molecule has 5 nitrogen and oxygen atoms in total. The normalized spacial score (nSPS) is 22.0. The lowest BCUT2D eigenvalue weighted by Gasteiger charge is -2.22. The Labute approximate surface area is 110 Å². The van der Waals surface area contributed by atoms with Crippen LogP contribution in [0.3, 0.4) is 0 Å². The van der Waals surface area contributed by atoms with Crippen molar-refractivity contribution in [2.45, 2.75) is 45.5 Å². The highest BCUT2D eigenvalue weighted by Crippen LogP contribution is 2.13. The van der Waals surface area contributed by atoms with Gasteiger partial charge in [0, 0.05) is 13.2 Å². The van der Waals surface area contributed by atoms with Gasteiger partial charge in [0.25, 0.3) is 0 Å². The first-order chi connectivity index (χ1) is 8.83. The number of ether oxygens (including phenoxy) is 5. The smallest absolute Gasteiger partial charge is 0.160 e. The first kappa shape index (κ1) is 15.9. The minimum absolute atomic E-state index is 0.0855. The molecule has 1 rings (SSSR count). The second-order valence-corrected chi connectivity index (χ2v) is 4.33. The molecule has 2 unspecified atom stereocenters. The predicted octanol–water partition coefficient (Wildman–Crippen LogP) is 1.95. The Hall–Kier alpha value is -0.200. The summed E-state index contributed by atoms with van der Waals surface area (Å²) in [6, 6.07) is 0. The molecule has 0 aromatic carbocycles. The van der Waals surface area contributed by atoms with Gasteiger partial charge in [0.2, 0.25) is 0 Å². The zero-order valence-corrected chi connectivity index (χ0v) is 11.6. The summed E-state index contributed by atoms with van der Waals surface area (Å²) in [5, 5.41) is 0. The molecule has 0 aliphatic carbocycles.